The third kappa shape index (κ3) is 3.85. The number of aldehydes is 1. The summed E-state index contributed by atoms with van der Waals surface area (Å²) in [4.78, 5) is 11.0. The Balaban J connectivity index is 1.56. The number of aliphatic hydroxyl groups excluding tert-OH is 3. The van der Waals surface area contributed by atoms with Crippen molar-refractivity contribution in [3.8, 4) is 0 Å². The van der Waals surface area contributed by atoms with Crippen LogP contribution >= 0.6 is 0 Å². The van der Waals surface area contributed by atoms with E-state index in [0.29, 0.717) is 37.9 Å². The Bertz CT molecular complexity index is 793. The van der Waals surface area contributed by atoms with Gasteiger partial charge in [-0.3, -0.25) is 0 Å². The van der Waals surface area contributed by atoms with Gasteiger partial charge in [0.1, 0.15) is 5.60 Å². The zero-order valence-electron chi connectivity index (χ0n) is 20.7. The van der Waals surface area contributed by atoms with Crippen molar-refractivity contribution in [1.82, 2.24) is 0 Å². The van der Waals surface area contributed by atoms with Gasteiger partial charge < -0.3 is 30.3 Å². The molecule has 5 N–H and O–H groups in total. The van der Waals surface area contributed by atoms with E-state index in [1.165, 1.54) is 6.92 Å². The number of carbonyl (C=O) groups is 1. The molecule has 0 heterocycles. The molecule has 0 aromatic heterocycles. The van der Waals surface area contributed by atoms with E-state index in [1.807, 2.05) is 6.92 Å². The molecule has 3 fully saturated rings. The molecule has 6 nitrogen and oxygen atoms in total. The lowest BCUT2D eigenvalue weighted by molar-refractivity contribution is -0.139. The van der Waals surface area contributed by atoms with Crippen molar-refractivity contribution >= 4 is 6.29 Å². The molecule has 188 valence electrons. The van der Waals surface area contributed by atoms with E-state index in [0.717, 1.165) is 31.3 Å². The summed E-state index contributed by atoms with van der Waals surface area (Å²) in [5.41, 5.74) is -1.68. The second-order valence-electron chi connectivity index (χ2n) is 12.6. The number of carbonyl (C=O) groups excluding carboxylic acids is 1. The van der Waals surface area contributed by atoms with Crippen LogP contribution in [0, 0.1) is 34.5 Å². The third-order valence-electron chi connectivity index (χ3n) is 10.8. The molecule has 6 heteroatoms. The van der Waals surface area contributed by atoms with Gasteiger partial charge in [0, 0.05) is 5.41 Å². The van der Waals surface area contributed by atoms with Gasteiger partial charge in [0.25, 0.3) is 0 Å². The Labute approximate surface area is 198 Å². The molecule has 0 bridgehead atoms. The highest BCUT2D eigenvalue weighted by Crippen LogP contribution is 2.68. The average Bonchev–Trinajstić information content (AvgIpc) is 3.04. The number of hydrogen-bond donors (Lipinski definition) is 5. The molecule has 0 aromatic carbocycles. The van der Waals surface area contributed by atoms with E-state index in [1.54, 1.807) is 0 Å². The largest absolute Gasteiger partial charge is 0.393 e. The highest BCUT2D eigenvalue weighted by molar-refractivity contribution is 5.60. The van der Waals surface area contributed by atoms with Crippen molar-refractivity contribution in [2.45, 2.75) is 115 Å². The van der Waals surface area contributed by atoms with Gasteiger partial charge in [-0.05, 0) is 99.4 Å². The number of fused-ring (bicyclic) bond motifs is 5. The zero-order valence-corrected chi connectivity index (χ0v) is 20.7. The van der Waals surface area contributed by atoms with E-state index in [4.69, 9.17) is 0 Å². The maximum atomic E-state index is 12.2. The molecular weight excluding hydrogens is 420 g/mol. The minimum atomic E-state index is -1.42. The molecule has 0 spiro atoms. The van der Waals surface area contributed by atoms with Crippen molar-refractivity contribution < 1.29 is 30.3 Å². The van der Waals surface area contributed by atoms with E-state index in [-0.39, 0.29) is 35.0 Å². The van der Waals surface area contributed by atoms with Crippen LogP contribution in [-0.4, -0.2) is 61.3 Å². The summed E-state index contributed by atoms with van der Waals surface area (Å²) in [6.07, 6.45) is 6.66. The molecule has 4 rings (SSSR count). The van der Waals surface area contributed by atoms with Crippen molar-refractivity contribution in [2.75, 3.05) is 0 Å². The normalized spacial score (nSPS) is 48.5. The van der Waals surface area contributed by atoms with Crippen LogP contribution in [0.25, 0.3) is 0 Å². The summed E-state index contributed by atoms with van der Waals surface area (Å²) in [6, 6.07) is 0. The van der Waals surface area contributed by atoms with Crippen LogP contribution in [0.5, 0.6) is 0 Å². The highest BCUT2D eigenvalue weighted by atomic mass is 16.3. The van der Waals surface area contributed by atoms with Crippen LogP contribution in [-0.2, 0) is 4.79 Å². The average molecular weight is 465 g/mol. The molecule has 11 atom stereocenters. The first-order valence-corrected chi connectivity index (χ1v) is 12.9. The minimum absolute atomic E-state index is 0.0535. The van der Waals surface area contributed by atoms with E-state index in [2.05, 4.69) is 19.9 Å². The van der Waals surface area contributed by atoms with Crippen molar-refractivity contribution in [1.29, 1.82) is 0 Å². The molecule has 3 saturated carbocycles. The molecule has 0 radical (unpaired) electrons. The van der Waals surface area contributed by atoms with Crippen LogP contribution in [0.2, 0.25) is 0 Å². The van der Waals surface area contributed by atoms with Crippen molar-refractivity contribution in [3.63, 3.8) is 0 Å². The van der Waals surface area contributed by atoms with Crippen molar-refractivity contribution in [2.24, 2.45) is 34.5 Å². The number of allylic oxidation sites excluding steroid dienone is 1. The van der Waals surface area contributed by atoms with Gasteiger partial charge >= 0.3 is 0 Å². The van der Waals surface area contributed by atoms with Crippen LogP contribution in [0.4, 0.5) is 0 Å². The summed E-state index contributed by atoms with van der Waals surface area (Å²) < 4.78 is 0. The number of rotatable bonds is 6. The molecular formula is C27H44O6. The summed E-state index contributed by atoms with van der Waals surface area (Å²) in [7, 11) is 0. The van der Waals surface area contributed by atoms with E-state index < -0.39 is 29.5 Å². The van der Waals surface area contributed by atoms with Gasteiger partial charge in [-0.1, -0.05) is 26.8 Å². The van der Waals surface area contributed by atoms with Crippen LogP contribution in [0.3, 0.4) is 0 Å². The van der Waals surface area contributed by atoms with Gasteiger partial charge in [0.2, 0.25) is 0 Å². The Morgan fingerprint density at radius 2 is 1.91 bits per heavy atom. The standard InChI is InChI=1S/C27H44O6/c1-16(21(29)9-10-24(2,32)15-28)18-8-12-27(33)20-6-5-17-13-22(30)23(31)14-25(17,3)19(20)7-11-26(18,27)4/h6,15-19,21-23,29-33H,5,7-14H2,1-4H3/t16-,17?,18+,19-,21?,22?,23?,24?,25-,26+,27+/m0/s1. The predicted octanol–water partition coefficient (Wildman–Crippen LogP) is 2.74. The lowest BCUT2D eigenvalue weighted by Crippen LogP contribution is -2.59. The second kappa shape index (κ2) is 8.41. The van der Waals surface area contributed by atoms with Gasteiger partial charge in [0.05, 0.1) is 23.9 Å². The minimum Gasteiger partial charge on any atom is -0.393 e. The Kier molecular flexibility index (Phi) is 6.45. The zero-order chi connectivity index (χ0) is 24.4. The lowest BCUT2D eigenvalue weighted by atomic mass is 9.46. The molecule has 4 aliphatic rings. The second-order valence-corrected chi connectivity index (χ2v) is 12.6. The molecule has 33 heavy (non-hydrogen) atoms. The Hall–Kier alpha value is -0.790. The lowest BCUT2D eigenvalue weighted by Gasteiger charge is -2.61. The summed E-state index contributed by atoms with van der Waals surface area (Å²) >= 11 is 0. The maximum Gasteiger partial charge on any atom is 0.151 e. The summed E-state index contributed by atoms with van der Waals surface area (Å²) in [5.74, 6) is 0.617. The van der Waals surface area contributed by atoms with Gasteiger partial charge in [-0.25, -0.2) is 0 Å². The fraction of sp³-hybridized carbons (Fsp3) is 0.889. The maximum absolute atomic E-state index is 12.2. The molecule has 0 aliphatic heterocycles. The van der Waals surface area contributed by atoms with Gasteiger partial charge in [-0.15, -0.1) is 0 Å². The SMILES string of the molecule is C[C@H](C(O)CCC(C)(O)C=O)[C@H]1CC[C@@]2(O)C3=CCC4CC(O)C(O)C[C@]4(C)[C@H]3CC[C@]12C. The Morgan fingerprint density at radius 3 is 2.58 bits per heavy atom. The fourth-order valence-corrected chi connectivity index (χ4v) is 8.43. The third-order valence-corrected chi connectivity index (χ3v) is 10.8. The molecule has 5 unspecified atom stereocenters. The topological polar surface area (TPSA) is 118 Å². The monoisotopic (exact) mass is 464 g/mol. The Morgan fingerprint density at radius 1 is 1.21 bits per heavy atom. The summed E-state index contributed by atoms with van der Waals surface area (Å²) in [6.45, 7) is 7.94. The first-order chi connectivity index (χ1) is 15.3. The van der Waals surface area contributed by atoms with Crippen LogP contribution in [0.1, 0.15) is 85.5 Å². The first kappa shape index (κ1) is 25.3. The van der Waals surface area contributed by atoms with E-state index >= 15 is 0 Å². The molecule has 0 amide bonds. The van der Waals surface area contributed by atoms with Crippen molar-refractivity contribution in [3.05, 3.63) is 11.6 Å². The smallest absolute Gasteiger partial charge is 0.151 e. The fourth-order valence-electron chi connectivity index (χ4n) is 8.43. The number of hydrogen-bond acceptors (Lipinski definition) is 6. The predicted molar refractivity (Wildman–Crippen MR) is 125 cm³/mol. The molecule has 4 aliphatic carbocycles. The molecule has 0 aromatic rings. The van der Waals surface area contributed by atoms with Gasteiger partial charge in [0.15, 0.2) is 6.29 Å². The molecule has 0 saturated heterocycles. The van der Waals surface area contributed by atoms with E-state index in [9.17, 15) is 30.3 Å². The number of aliphatic hydroxyl groups is 5. The first-order valence-electron chi connectivity index (χ1n) is 12.9. The van der Waals surface area contributed by atoms with Crippen LogP contribution in [0.15, 0.2) is 11.6 Å². The summed E-state index contributed by atoms with van der Waals surface area (Å²) in [5, 5.41) is 53.9. The van der Waals surface area contributed by atoms with Crippen LogP contribution < -0.4 is 0 Å². The highest BCUT2D eigenvalue weighted by Gasteiger charge is 2.66. The quantitative estimate of drug-likeness (QED) is 0.305. The van der Waals surface area contributed by atoms with Gasteiger partial charge in [-0.2, -0.15) is 0 Å².